The summed E-state index contributed by atoms with van der Waals surface area (Å²) in [5.74, 6) is 0.828. The third kappa shape index (κ3) is 2.60. The number of hydrogen-bond donors (Lipinski definition) is 2. The summed E-state index contributed by atoms with van der Waals surface area (Å²) in [6.07, 6.45) is 1.85. The van der Waals surface area contributed by atoms with Crippen LogP contribution >= 0.6 is 0 Å². The van der Waals surface area contributed by atoms with E-state index in [0.717, 1.165) is 34.5 Å². The molecule has 0 aliphatic rings. The fourth-order valence-electron chi connectivity index (χ4n) is 2.12. The second-order valence-corrected chi connectivity index (χ2v) is 6.02. The number of H-pyrrole nitrogens is 1. The number of hydrogen-bond acceptors (Lipinski definition) is 3. The van der Waals surface area contributed by atoms with Crippen LogP contribution < -0.4 is 5.32 Å². The normalized spacial score (nSPS) is 12.2. The predicted octanol–water partition coefficient (Wildman–Crippen LogP) is 3.71. The van der Waals surface area contributed by atoms with Gasteiger partial charge in [0.1, 0.15) is 11.3 Å². The summed E-state index contributed by atoms with van der Waals surface area (Å²) in [5.41, 5.74) is 3.02. The van der Waals surface area contributed by atoms with Crippen molar-refractivity contribution >= 4 is 11.0 Å². The van der Waals surface area contributed by atoms with Crippen LogP contribution in [0.4, 0.5) is 0 Å². The van der Waals surface area contributed by atoms with E-state index >= 15 is 0 Å². The average molecular weight is 269 g/mol. The Labute approximate surface area is 118 Å². The SMILES string of the molecule is CC(C)(C)NCc1cn[nH]c1-c1cc2ccccc2o1. The number of rotatable bonds is 3. The minimum Gasteiger partial charge on any atom is -0.454 e. The molecule has 1 aromatic carbocycles. The number of para-hydroxylation sites is 1. The molecule has 0 aliphatic heterocycles. The molecule has 2 N–H and O–H groups in total. The second kappa shape index (κ2) is 4.80. The third-order valence-electron chi connectivity index (χ3n) is 3.20. The fourth-order valence-corrected chi connectivity index (χ4v) is 2.12. The molecule has 2 aromatic heterocycles. The molecule has 104 valence electrons. The van der Waals surface area contributed by atoms with Gasteiger partial charge < -0.3 is 9.73 Å². The van der Waals surface area contributed by atoms with E-state index in [1.807, 2.05) is 36.5 Å². The highest BCUT2D eigenvalue weighted by Crippen LogP contribution is 2.28. The fraction of sp³-hybridized carbons (Fsp3) is 0.312. The molecule has 3 rings (SSSR count). The second-order valence-electron chi connectivity index (χ2n) is 6.02. The standard InChI is InChI=1S/C16H19N3O/c1-16(2,3)17-9-12-10-18-19-15(12)14-8-11-6-4-5-7-13(11)20-14/h4-8,10,17H,9H2,1-3H3,(H,18,19). The van der Waals surface area contributed by atoms with Gasteiger partial charge in [0, 0.05) is 23.0 Å². The van der Waals surface area contributed by atoms with Crippen molar-refractivity contribution in [3.8, 4) is 11.5 Å². The van der Waals surface area contributed by atoms with Crippen LogP contribution in [-0.4, -0.2) is 15.7 Å². The first-order valence-electron chi connectivity index (χ1n) is 6.79. The molecule has 0 radical (unpaired) electrons. The highest BCUT2D eigenvalue weighted by Gasteiger charge is 2.15. The van der Waals surface area contributed by atoms with Gasteiger partial charge in [0.25, 0.3) is 0 Å². The summed E-state index contributed by atoms with van der Waals surface area (Å²) in [6, 6.07) is 10.1. The minimum atomic E-state index is 0.0718. The van der Waals surface area contributed by atoms with Crippen molar-refractivity contribution in [3.05, 3.63) is 42.1 Å². The number of fused-ring (bicyclic) bond motifs is 1. The van der Waals surface area contributed by atoms with E-state index in [1.165, 1.54) is 0 Å². The van der Waals surface area contributed by atoms with Crippen LogP contribution in [0.15, 0.2) is 40.9 Å². The average Bonchev–Trinajstić information content (AvgIpc) is 3.01. The highest BCUT2D eigenvalue weighted by molar-refractivity contribution is 5.82. The number of nitrogens with one attached hydrogen (secondary N) is 2. The van der Waals surface area contributed by atoms with Crippen molar-refractivity contribution in [2.45, 2.75) is 32.9 Å². The lowest BCUT2D eigenvalue weighted by Crippen LogP contribution is -2.35. The first kappa shape index (κ1) is 12.9. The summed E-state index contributed by atoms with van der Waals surface area (Å²) < 4.78 is 5.89. The molecule has 0 fully saturated rings. The Bertz CT molecular complexity index is 685. The van der Waals surface area contributed by atoms with Gasteiger partial charge in [-0.25, -0.2) is 0 Å². The lowest BCUT2D eigenvalue weighted by atomic mass is 10.1. The summed E-state index contributed by atoms with van der Waals surface area (Å²) in [6.45, 7) is 7.20. The van der Waals surface area contributed by atoms with E-state index < -0.39 is 0 Å². The monoisotopic (exact) mass is 269 g/mol. The van der Waals surface area contributed by atoms with Gasteiger partial charge >= 0.3 is 0 Å². The van der Waals surface area contributed by atoms with Gasteiger partial charge in [0.05, 0.1) is 6.20 Å². The Balaban J connectivity index is 1.92. The van der Waals surface area contributed by atoms with Crippen LogP contribution in [0.1, 0.15) is 26.3 Å². The van der Waals surface area contributed by atoms with Crippen LogP contribution in [-0.2, 0) is 6.54 Å². The molecule has 4 nitrogen and oxygen atoms in total. The van der Waals surface area contributed by atoms with Crippen molar-refractivity contribution in [2.75, 3.05) is 0 Å². The molecule has 0 unspecified atom stereocenters. The quantitative estimate of drug-likeness (QED) is 0.762. The van der Waals surface area contributed by atoms with Crippen molar-refractivity contribution in [2.24, 2.45) is 0 Å². The van der Waals surface area contributed by atoms with E-state index in [-0.39, 0.29) is 5.54 Å². The zero-order valence-corrected chi connectivity index (χ0v) is 12.0. The Morgan fingerprint density at radius 1 is 1.25 bits per heavy atom. The van der Waals surface area contributed by atoms with Crippen molar-refractivity contribution < 1.29 is 4.42 Å². The summed E-state index contributed by atoms with van der Waals surface area (Å²) in [7, 11) is 0. The lowest BCUT2D eigenvalue weighted by Gasteiger charge is -2.20. The number of aromatic amines is 1. The Morgan fingerprint density at radius 2 is 2.05 bits per heavy atom. The largest absolute Gasteiger partial charge is 0.454 e. The maximum absolute atomic E-state index is 5.89. The van der Waals surface area contributed by atoms with Crippen LogP contribution in [0.5, 0.6) is 0 Å². The van der Waals surface area contributed by atoms with Crippen molar-refractivity contribution in [1.29, 1.82) is 0 Å². The number of nitrogens with zero attached hydrogens (tertiary/aromatic N) is 1. The molecule has 0 saturated heterocycles. The van der Waals surface area contributed by atoms with Crippen LogP contribution in [0.3, 0.4) is 0 Å². The van der Waals surface area contributed by atoms with E-state index in [9.17, 15) is 0 Å². The zero-order chi connectivity index (χ0) is 14.2. The molecule has 0 aliphatic carbocycles. The topological polar surface area (TPSA) is 53.9 Å². The van der Waals surface area contributed by atoms with E-state index in [4.69, 9.17) is 4.42 Å². The van der Waals surface area contributed by atoms with Crippen LogP contribution in [0.2, 0.25) is 0 Å². The Kier molecular flexibility index (Phi) is 3.10. The molecule has 3 aromatic rings. The smallest absolute Gasteiger partial charge is 0.153 e. The first-order valence-corrected chi connectivity index (χ1v) is 6.79. The zero-order valence-electron chi connectivity index (χ0n) is 12.0. The van der Waals surface area contributed by atoms with Gasteiger partial charge in [-0.3, -0.25) is 5.10 Å². The molecular formula is C16H19N3O. The molecular weight excluding hydrogens is 250 g/mol. The Morgan fingerprint density at radius 3 is 2.80 bits per heavy atom. The van der Waals surface area contributed by atoms with Crippen LogP contribution in [0.25, 0.3) is 22.4 Å². The van der Waals surface area contributed by atoms with Gasteiger partial charge in [-0.2, -0.15) is 5.10 Å². The molecule has 0 atom stereocenters. The molecule has 0 spiro atoms. The molecule has 2 heterocycles. The maximum atomic E-state index is 5.89. The van der Waals surface area contributed by atoms with Gasteiger partial charge in [-0.1, -0.05) is 18.2 Å². The minimum absolute atomic E-state index is 0.0718. The molecule has 20 heavy (non-hydrogen) atoms. The molecule has 0 bridgehead atoms. The number of aromatic nitrogens is 2. The van der Waals surface area contributed by atoms with E-state index in [2.05, 4.69) is 36.3 Å². The van der Waals surface area contributed by atoms with E-state index in [0.29, 0.717) is 0 Å². The predicted molar refractivity (Wildman–Crippen MR) is 80.4 cm³/mol. The first-order chi connectivity index (χ1) is 9.53. The summed E-state index contributed by atoms with van der Waals surface area (Å²) >= 11 is 0. The third-order valence-corrected chi connectivity index (χ3v) is 3.20. The van der Waals surface area contributed by atoms with Gasteiger partial charge in [-0.05, 0) is 32.9 Å². The van der Waals surface area contributed by atoms with E-state index in [1.54, 1.807) is 0 Å². The lowest BCUT2D eigenvalue weighted by molar-refractivity contribution is 0.424. The van der Waals surface area contributed by atoms with Crippen molar-refractivity contribution in [1.82, 2.24) is 15.5 Å². The summed E-state index contributed by atoms with van der Waals surface area (Å²) in [4.78, 5) is 0. The number of furan rings is 1. The molecule has 4 heteroatoms. The highest BCUT2D eigenvalue weighted by atomic mass is 16.3. The van der Waals surface area contributed by atoms with Crippen molar-refractivity contribution in [3.63, 3.8) is 0 Å². The Hall–Kier alpha value is -2.07. The van der Waals surface area contributed by atoms with Crippen LogP contribution in [0, 0.1) is 0 Å². The number of benzene rings is 1. The van der Waals surface area contributed by atoms with Gasteiger partial charge in [-0.15, -0.1) is 0 Å². The summed E-state index contributed by atoms with van der Waals surface area (Å²) in [5, 5.41) is 11.7. The van der Waals surface area contributed by atoms with Gasteiger partial charge in [0.2, 0.25) is 0 Å². The maximum Gasteiger partial charge on any atom is 0.153 e. The van der Waals surface area contributed by atoms with Gasteiger partial charge in [0.15, 0.2) is 5.76 Å². The molecule has 0 saturated carbocycles. The molecule has 0 amide bonds.